The van der Waals surface area contributed by atoms with E-state index >= 15 is 0 Å². The minimum absolute atomic E-state index is 0.0200. The van der Waals surface area contributed by atoms with Crippen LogP contribution in [0.15, 0.2) is 61.1 Å². The molecular formula is C21H21N5O. The summed E-state index contributed by atoms with van der Waals surface area (Å²) in [5.74, 6) is 0.736. The zero-order valence-corrected chi connectivity index (χ0v) is 15.2. The molecule has 0 radical (unpaired) electrons. The van der Waals surface area contributed by atoms with Crippen molar-refractivity contribution in [2.75, 3.05) is 31.1 Å². The number of piperazine rings is 1. The number of nitrogens with zero attached hydrogens (tertiary/aromatic N) is 5. The van der Waals surface area contributed by atoms with E-state index in [4.69, 9.17) is 0 Å². The second-order valence-corrected chi connectivity index (χ2v) is 6.63. The fourth-order valence-electron chi connectivity index (χ4n) is 3.16. The average molecular weight is 359 g/mol. The molecule has 2 aromatic heterocycles. The van der Waals surface area contributed by atoms with Crippen molar-refractivity contribution in [2.24, 2.45) is 0 Å². The molecule has 0 spiro atoms. The van der Waals surface area contributed by atoms with Crippen LogP contribution in [0.2, 0.25) is 0 Å². The van der Waals surface area contributed by atoms with Crippen molar-refractivity contribution in [1.29, 1.82) is 0 Å². The van der Waals surface area contributed by atoms with Gasteiger partial charge in [0.2, 0.25) is 5.95 Å². The standard InChI is InChI=1S/C21H21N5O/c1-16-3-5-17(6-4-16)19-8-7-18(15-24-19)20(27)25-11-13-26(14-12-25)21-22-9-2-10-23-21/h2-10,15H,11-14H2,1H3. The van der Waals surface area contributed by atoms with Gasteiger partial charge in [0.25, 0.3) is 5.91 Å². The maximum Gasteiger partial charge on any atom is 0.255 e. The molecule has 1 amide bonds. The number of aryl methyl sites for hydroxylation is 1. The molecule has 4 rings (SSSR count). The van der Waals surface area contributed by atoms with Crippen LogP contribution in [-0.4, -0.2) is 51.9 Å². The Morgan fingerprint density at radius 1 is 0.889 bits per heavy atom. The molecule has 27 heavy (non-hydrogen) atoms. The number of aromatic nitrogens is 3. The molecule has 0 aliphatic carbocycles. The average Bonchev–Trinajstić information content (AvgIpc) is 2.75. The molecule has 0 bridgehead atoms. The van der Waals surface area contributed by atoms with Gasteiger partial charge in [0.15, 0.2) is 0 Å². The van der Waals surface area contributed by atoms with Gasteiger partial charge in [0.1, 0.15) is 0 Å². The second-order valence-electron chi connectivity index (χ2n) is 6.63. The van der Waals surface area contributed by atoms with Crippen LogP contribution in [-0.2, 0) is 0 Å². The van der Waals surface area contributed by atoms with Crippen LogP contribution in [0.25, 0.3) is 11.3 Å². The van der Waals surface area contributed by atoms with E-state index < -0.39 is 0 Å². The number of anilines is 1. The van der Waals surface area contributed by atoms with Gasteiger partial charge in [0.05, 0.1) is 11.3 Å². The number of carbonyl (C=O) groups is 1. The SMILES string of the molecule is Cc1ccc(-c2ccc(C(=O)N3CCN(c4ncccn4)CC3)cn2)cc1. The predicted molar refractivity (Wildman–Crippen MR) is 105 cm³/mol. The summed E-state index contributed by atoms with van der Waals surface area (Å²) >= 11 is 0. The number of carbonyl (C=O) groups excluding carboxylic acids is 1. The Bertz CT molecular complexity index is 902. The minimum Gasteiger partial charge on any atom is -0.337 e. The molecule has 3 heterocycles. The molecule has 0 saturated carbocycles. The lowest BCUT2D eigenvalue weighted by molar-refractivity contribution is 0.0746. The molecule has 1 aromatic carbocycles. The third-order valence-electron chi connectivity index (χ3n) is 4.76. The Balaban J connectivity index is 1.41. The fourth-order valence-corrected chi connectivity index (χ4v) is 3.16. The van der Waals surface area contributed by atoms with Crippen LogP contribution in [0.1, 0.15) is 15.9 Å². The van der Waals surface area contributed by atoms with Gasteiger partial charge in [-0.3, -0.25) is 9.78 Å². The maximum atomic E-state index is 12.8. The monoisotopic (exact) mass is 359 g/mol. The highest BCUT2D eigenvalue weighted by atomic mass is 16.2. The largest absolute Gasteiger partial charge is 0.337 e. The molecule has 1 saturated heterocycles. The summed E-state index contributed by atoms with van der Waals surface area (Å²) in [6.07, 6.45) is 5.15. The minimum atomic E-state index is 0.0200. The van der Waals surface area contributed by atoms with Gasteiger partial charge in [-0.2, -0.15) is 0 Å². The van der Waals surface area contributed by atoms with Crippen molar-refractivity contribution in [3.63, 3.8) is 0 Å². The third kappa shape index (κ3) is 3.79. The van der Waals surface area contributed by atoms with E-state index in [1.807, 2.05) is 29.2 Å². The van der Waals surface area contributed by atoms with Gasteiger partial charge in [0, 0.05) is 50.3 Å². The van der Waals surface area contributed by atoms with Crippen LogP contribution >= 0.6 is 0 Å². The summed E-state index contributed by atoms with van der Waals surface area (Å²) in [5.41, 5.74) is 3.76. The third-order valence-corrected chi connectivity index (χ3v) is 4.76. The van der Waals surface area contributed by atoms with E-state index in [0.717, 1.165) is 24.3 Å². The Kier molecular flexibility index (Phi) is 4.78. The van der Waals surface area contributed by atoms with E-state index in [-0.39, 0.29) is 5.91 Å². The molecule has 0 unspecified atom stereocenters. The molecule has 6 nitrogen and oxygen atoms in total. The van der Waals surface area contributed by atoms with E-state index in [9.17, 15) is 4.79 Å². The molecule has 1 aliphatic heterocycles. The van der Waals surface area contributed by atoms with Crippen molar-refractivity contribution in [1.82, 2.24) is 19.9 Å². The summed E-state index contributed by atoms with van der Waals surface area (Å²) in [6.45, 7) is 4.81. The number of amides is 1. The molecule has 1 aliphatic rings. The van der Waals surface area contributed by atoms with E-state index in [0.29, 0.717) is 24.6 Å². The van der Waals surface area contributed by atoms with Gasteiger partial charge in [-0.05, 0) is 25.1 Å². The van der Waals surface area contributed by atoms with E-state index in [1.165, 1.54) is 5.56 Å². The second kappa shape index (κ2) is 7.53. The number of hydrogen-bond acceptors (Lipinski definition) is 5. The lowest BCUT2D eigenvalue weighted by Gasteiger charge is -2.34. The predicted octanol–water partition coefficient (Wildman–Crippen LogP) is 2.81. The molecule has 136 valence electrons. The van der Waals surface area contributed by atoms with E-state index in [2.05, 4.69) is 38.9 Å². The summed E-state index contributed by atoms with van der Waals surface area (Å²) in [6, 6.07) is 13.8. The zero-order valence-electron chi connectivity index (χ0n) is 15.2. The quantitative estimate of drug-likeness (QED) is 0.720. The van der Waals surface area contributed by atoms with Gasteiger partial charge < -0.3 is 9.80 Å². The van der Waals surface area contributed by atoms with Gasteiger partial charge >= 0.3 is 0 Å². The van der Waals surface area contributed by atoms with Crippen molar-refractivity contribution < 1.29 is 4.79 Å². The summed E-state index contributed by atoms with van der Waals surface area (Å²) < 4.78 is 0. The summed E-state index contributed by atoms with van der Waals surface area (Å²) in [4.78, 5) is 29.8. The van der Waals surface area contributed by atoms with Gasteiger partial charge in [-0.15, -0.1) is 0 Å². The Morgan fingerprint density at radius 2 is 1.59 bits per heavy atom. The van der Waals surface area contributed by atoms with Crippen LogP contribution < -0.4 is 4.90 Å². The first-order valence-corrected chi connectivity index (χ1v) is 9.05. The molecule has 6 heteroatoms. The van der Waals surface area contributed by atoms with Crippen LogP contribution in [0.4, 0.5) is 5.95 Å². The Labute approximate surface area is 158 Å². The number of hydrogen-bond donors (Lipinski definition) is 0. The smallest absolute Gasteiger partial charge is 0.255 e. The van der Waals surface area contributed by atoms with Crippen molar-refractivity contribution in [3.05, 3.63) is 72.2 Å². The fraction of sp³-hybridized carbons (Fsp3) is 0.238. The molecular weight excluding hydrogens is 338 g/mol. The first-order valence-electron chi connectivity index (χ1n) is 9.05. The summed E-state index contributed by atoms with van der Waals surface area (Å²) in [5, 5.41) is 0. The Morgan fingerprint density at radius 3 is 2.22 bits per heavy atom. The van der Waals surface area contributed by atoms with Crippen LogP contribution in [0.5, 0.6) is 0 Å². The number of rotatable bonds is 3. The Hall–Kier alpha value is -3.28. The highest BCUT2D eigenvalue weighted by Gasteiger charge is 2.23. The molecule has 0 N–H and O–H groups in total. The highest BCUT2D eigenvalue weighted by Crippen LogP contribution is 2.19. The van der Waals surface area contributed by atoms with Crippen LogP contribution in [0, 0.1) is 6.92 Å². The van der Waals surface area contributed by atoms with Gasteiger partial charge in [-0.25, -0.2) is 9.97 Å². The maximum absolute atomic E-state index is 12.8. The number of pyridine rings is 1. The normalized spacial score (nSPS) is 14.3. The first kappa shape index (κ1) is 17.1. The zero-order chi connectivity index (χ0) is 18.6. The van der Waals surface area contributed by atoms with Crippen molar-refractivity contribution >= 4 is 11.9 Å². The van der Waals surface area contributed by atoms with E-state index in [1.54, 1.807) is 24.7 Å². The number of benzene rings is 1. The first-order chi connectivity index (χ1) is 13.2. The topological polar surface area (TPSA) is 62.2 Å². The lowest BCUT2D eigenvalue weighted by Crippen LogP contribution is -2.49. The lowest BCUT2D eigenvalue weighted by atomic mass is 10.1. The molecule has 3 aromatic rings. The molecule has 0 atom stereocenters. The highest BCUT2D eigenvalue weighted by molar-refractivity contribution is 5.94. The summed E-state index contributed by atoms with van der Waals surface area (Å²) in [7, 11) is 0. The van der Waals surface area contributed by atoms with Crippen molar-refractivity contribution in [3.8, 4) is 11.3 Å². The van der Waals surface area contributed by atoms with Gasteiger partial charge in [-0.1, -0.05) is 29.8 Å². The van der Waals surface area contributed by atoms with Crippen LogP contribution in [0.3, 0.4) is 0 Å². The molecule has 1 fully saturated rings. The van der Waals surface area contributed by atoms with Crippen molar-refractivity contribution in [2.45, 2.75) is 6.92 Å².